The smallest absolute Gasteiger partial charge is 0.130 e. The number of fused-ring (bicyclic) bond motifs is 3. The average Bonchev–Trinajstić information content (AvgIpc) is 3.67. The van der Waals surface area contributed by atoms with Gasteiger partial charge in [-0.25, -0.2) is 4.99 Å². The zero-order chi connectivity index (χ0) is 28.8. The molecule has 216 valence electrons. The Hall–Kier alpha value is -4.35. The fraction of sp³-hybridized carbons (Fsp3) is 0.289. The molecule has 0 saturated heterocycles. The van der Waals surface area contributed by atoms with Crippen LogP contribution in [0.1, 0.15) is 72.9 Å². The maximum atomic E-state index is 6.24. The van der Waals surface area contributed by atoms with E-state index in [9.17, 15) is 0 Å². The normalized spacial score (nSPS) is 30.3. The van der Waals surface area contributed by atoms with Crippen LogP contribution in [0.15, 0.2) is 126 Å². The van der Waals surface area contributed by atoms with Crippen LogP contribution in [0.2, 0.25) is 0 Å². The second kappa shape index (κ2) is 11.1. The van der Waals surface area contributed by atoms with Crippen LogP contribution in [-0.4, -0.2) is 18.0 Å². The molecule has 6 aliphatic rings. The lowest BCUT2D eigenvalue weighted by atomic mass is 9.80. The van der Waals surface area contributed by atoms with Crippen molar-refractivity contribution in [2.75, 3.05) is 0 Å². The van der Waals surface area contributed by atoms with Gasteiger partial charge in [-0.15, -0.1) is 0 Å². The van der Waals surface area contributed by atoms with Gasteiger partial charge < -0.3 is 15.4 Å². The van der Waals surface area contributed by atoms with E-state index in [1.165, 1.54) is 33.4 Å². The Balaban J connectivity index is 1.19. The Morgan fingerprint density at radius 3 is 2.74 bits per heavy atom. The molecule has 2 aromatic carbocycles. The fourth-order valence-electron chi connectivity index (χ4n) is 7.26. The quantitative estimate of drug-likeness (QED) is 0.352. The van der Waals surface area contributed by atoms with Crippen LogP contribution in [0.5, 0.6) is 5.75 Å². The highest BCUT2D eigenvalue weighted by molar-refractivity contribution is 5.88. The molecule has 2 aromatic rings. The number of aliphatic imine (C=N–C) groups is 1. The van der Waals surface area contributed by atoms with Gasteiger partial charge in [0.25, 0.3) is 0 Å². The summed E-state index contributed by atoms with van der Waals surface area (Å²) in [6.07, 6.45) is 28.5. The number of ether oxygens (including phenoxy) is 1. The van der Waals surface area contributed by atoms with Crippen molar-refractivity contribution in [1.82, 2.24) is 16.0 Å². The molecule has 3 aliphatic heterocycles. The lowest BCUT2D eigenvalue weighted by Crippen LogP contribution is -2.53. The SMILES string of the molecule is CC1NC=CC1c1ccc(C2N=C(C3C=CC=CC3)NC(C3=CCCC=C3)N2)cc1C1=CC=C2Oc3ccccc3C2C1. The van der Waals surface area contributed by atoms with Crippen LogP contribution in [0, 0.1) is 5.92 Å². The van der Waals surface area contributed by atoms with E-state index >= 15 is 0 Å². The largest absolute Gasteiger partial charge is 0.461 e. The minimum absolute atomic E-state index is 0.0185. The Kier molecular flexibility index (Phi) is 6.76. The van der Waals surface area contributed by atoms with Gasteiger partial charge in [-0.05, 0) is 84.9 Å². The second-order valence-electron chi connectivity index (χ2n) is 12.3. The van der Waals surface area contributed by atoms with E-state index in [0.717, 1.165) is 43.0 Å². The van der Waals surface area contributed by atoms with Crippen LogP contribution in [0.25, 0.3) is 5.57 Å². The Morgan fingerprint density at radius 1 is 0.953 bits per heavy atom. The maximum absolute atomic E-state index is 6.24. The first-order valence-corrected chi connectivity index (χ1v) is 15.8. The summed E-state index contributed by atoms with van der Waals surface area (Å²) in [4.78, 5) is 5.31. The third kappa shape index (κ3) is 4.92. The van der Waals surface area contributed by atoms with Gasteiger partial charge in [-0.2, -0.15) is 0 Å². The predicted molar refractivity (Wildman–Crippen MR) is 174 cm³/mol. The summed E-state index contributed by atoms with van der Waals surface area (Å²) in [5.41, 5.74) is 7.80. The summed E-state index contributed by atoms with van der Waals surface area (Å²) in [6, 6.07) is 15.9. The van der Waals surface area contributed by atoms with Gasteiger partial charge in [0.05, 0.1) is 0 Å². The third-order valence-corrected chi connectivity index (χ3v) is 9.61. The number of amidine groups is 1. The summed E-state index contributed by atoms with van der Waals surface area (Å²) in [5, 5.41) is 11.1. The molecule has 3 N–H and O–H groups in total. The molecule has 0 amide bonds. The summed E-state index contributed by atoms with van der Waals surface area (Å²) in [7, 11) is 0. The monoisotopic (exact) mass is 566 g/mol. The van der Waals surface area contributed by atoms with Crippen molar-refractivity contribution >= 4 is 11.4 Å². The fourth-order valence-corrected chi connectivity index (χ4v) is 7.26. The number of allylic oxidation sites excluding steroid dienone is 9. The molecular weight excluding hydrogens is 528 g/mol. The Labute approximate surface area is 254 Å². The van der Waals surface area contributed by atoms with E-state index in [2.05, 4.69) is 132 Å². The van der Waals surface area contributed by atoms with Gasteiger partial charge in [-0.1, -0.05) is 85.0 Å². The van der Waals surface area contributed by atoms with Crippen molar-refractivity contribution in [1.29, 1.82) is 0 Å². The van der Waals surface area contributed by atoms with Crippen molar-refractivity contribution < 1.29 is 4.74 Å². The Bertz CT molecular complexity index is 1680. The zero-order valence-corrected chi connectivity index (χ0v) is 24.5. The molecule has 0 radical (unpaired) electrons. The molecular formula is C38H38N4O. The topological polar surface area (TPSA) is 57.7 Å². The standard InChI is InChI=1S/C38H38N4O/c1-24-29(20-21-39-24)30-18-16-28(23-32(30)27-17-19-35-33(22-27)31-14-8-9-15-34(31)43-35)38-41-36(25-10-4-2-5-11-25)40-37(42-38)26-12-6-3-7-13-26/h2,4-6,8-10,12-21,23-25,29,33,37-39,42H,3,7,11,22H2,1H3,(H,40,41). The van der Waals surface area contributed by atoms with E-state index in [1.54, 1.807) is 0 Å². The first-order chi connectivity index (χ1) is 21.2. The van der Waals surface area contributed by atoms with Crippen LogP contribution in [0.4, 0.5) is 0 Å². The van der Waals surface area contributed by atoms with Crippen molar-refractivity contribution in [2.24, 2.45) is 10.9 Å². The van der Waals surface area contributed by atoms with Gasteiger partial charge in [0.1, 0.15) is 29.7 Å². The highest BCUT2D eigenvalue weighted by atomic mass is 16.5. The van der Waals surface area contributed by atoms with E-state index in [-0.39, 0.29) is 24.2 Å². The van der Waals surface area contributed by atoms with Crippen LogP contribution >= 0.6 is 0 Å². The third-order valence-electron chi connectivity index (χ3n) is 9.61. The van der Waals surface area contributed by atoms with Crippen LogP contribution in [0.3, 0.4) is 0 Å². The van der Waals surface area contributed by atoms with E-state index in [1.807, 2.05) is 0 Å². The number of nitrogens with zero attached hydrogens (tertiary/aromatic N) is 1. The number of rotatable bonds is 5. The van der Waals surface area contributed by atoms with Gasteiger partial charge in [-0.3, -0.25) is 5.32 Å². The number of benzene rings is 2. The molecule has 6 unspecified atom stereocenters. The molecule has 0 saturated carbocycles. The van der Waals surface area contributed by atoms with E-state index < -0.39 is 0 Å². The molecule has 6 atom stereocenters. The average molecular weight is 567 g/mol. The molecule has 43 heavy (non-hydrogen) atoms. The first-order valence-electron chi connectivity index (χ1n) is 15.8. The summed E-state index contributed by atoms with van der Waals surface area (Å²) < 4.78 is 6.24. The zero-order valence-electron chi connectivity index (χ0n) is 24.5. The molecule has 0 fully saturated rings. The van der Waals surface area contributed by atoms with E-state index in [4.69, 9.17) is 9.73 Å². The van der Waals surface area contributed by atoms with Crippen molar-refractivity contribution in [3.05, 3.63) is 143 Å². The molecule has 3 aliphatic carbocycles. The van der Waals surface area contributed by atoms with Gasteiger partial charge >= 0.3 is 0 Å². The second-order valence-corrected chi connectivity index (χ2v) is 12.3. The minimum Gasteiger partial charge on any atom is -0.461 e. The van der Waals surface area contributed by atoms with Crippen molar-refractivity contribution in [2.45, 2.75) is 62.8 Å². The molecule has 5 heteroatoms. The molecule has 8 rings (SSSR count). The minimum atomic E-state index is -0.148. The van der Waals surface area contributed by atoms with E-state index in [0.29, 0.717) is 12.0 Å². The number of nitrogens with one attached hydrogen (secondary N) is 3. The van der Waals surface area contributed by atoms with Crippen LogP contribution < -0.4 is 20.7 Å². The van der Waals surface area contributed by atoms with Gasteiger partial charge in [0.15, 0.2) is 0 Å². The van der Waals surface area contributed by atoms with Crippen molar-refractivity contribution in [3.8, 4) is 5.75 Å². The Morgan fingerprint density at radius 2 is 1.91 bits per heavy atom. The molecule has 5 nitrogen and oxygen atoms in total. The number of hydrogen-bond acceptors (Lipinski definition) is 5. The predicted octanol–water partition coefficient (Wildman–Crippen LogP) is 7.45. The maximum Gasteiger partial charge on any atom is 0.130 e. The molecule has 3 heterocycles. The lowest BCUT2D eigenvalue weighted by molar-refractivity contribution is 0.426. The lowest BCUT2D eigenvalue weighted by Gasteiger charge is -2.35. The highest BCUT2D eigenvalue weighted by Crippen LogP contribution is 2.48. The number of hydrogen-bond donors (Lipinski definition) is 3. The first kappa shape index (κ1) is 26.3. The van der Waals surface area contributed by atoms with Crippen molar-refractivity contribution in [3.63, 3.8) is 0 Å². The molecule has 0 spiro atoms. The summed E-state index contributed by atoms with van der Waals surface area (Å²) >= 11 is 0. The highest BCUT2D eigenvalue weighted by Gasteiger charge is 2.34. The number of para-hydroxylation sites is 1. The van der Waals surface area contributed by atoms with Gasteiger partial charge in [0.2, 0.25) is 0 Å². The molecule has 0 bridgehead atoms. The van der Waals surface area contributed by atoms with Crippen LogP contribution in [-0.2, 0) is 0 Å². The summed E-state index contributed by atoms with van der Waals surface area (Å²) in [5.74, 6) is 3.92. The summed E-state index contributed by atoms with van der Waals surface area (Å²) in [6.45, 7) is 2.27. The molecule has 0 aromatic heterocycles. The van der Waals surface area contributed by atoms with Gasteiger partial charge in [0, 0.05) is 29.4 Å².